The van der Waals surface area contributed by atoms with E-state index in [1.165, 1.54) is 0 Å². The number of anilines is 3. The second kappa shape index (κ2) is 5.48. The molecule has 0 aliphatic rings. The largest absolute Gasteiger partial charge is 0.496 e. The lowest BCUT2D eigenvalue weighted by Gasteiger charge is -2.12. The monoisotopic (exact) mass is 321 g/mol. The third-order valence-corrected chi connectivity index (χ3v) is 3.93. The van der Waals surface area contributed by atoms with Gasteiger partial charge < -0.3 is 15.8 Å². The highest BCUT2D eigenvalue weighted by atomic mass is 79.9. The molecule has 0 unspecified atom stereocenters. The molecule has 0 aliphatic heterocycles. The fourth-order valence-corrected chi connectivity index (χ4v) is 2.20. The van der Waals surface area contributed by atoms with Crippen molar-refractivity contribution in [1.82, 2.24) is 4.98 Å². The molecular formula is C14H16BrN3O. The summed E-state index contributed by atoms with van der Waals surface area (Å²) in [6, 6.07) is 5.89. The fraction of sp³-hybridized carbons (Fsp3) is 0.214. The number of aryl methyl sites for hydroxylation is 1. The number of rotatable bonds is 3. The van der Waals surface area contributed by atoms with Gasteiger partial charge in [0.1, 0.15) is 11.6 Å². The second-order valence-corrected chi connectivity index (χ2v) is 5.10. The molecule has 1 aromatic carbocycles. The van der Waals surface area contributed by atoms with Crippen LogP contribution in [0.15, 0.2) is 28.9 Å². The van der Waals surface area contributed by atoms with Crippen LogP contribution in [0.25, 0.3) is 0 Å². The van der Waals surface area contributed by atoms with Gasteiger partial charge in [0.2, 0.25) is 0 Å². The summed E-state index contributed by atoms with van der Waals surface area (Å²) in [6.07, 6.45) is 1.65. The molecule has 0 amide bonds. The van der Waals surface area contributed by atoms with E-state index in [0.29, 0.717) is 5.69 Å². The first-order chi connectivity index (χ1) is 9.02. The Morgan fingerprint density at radius 1 is 1.32 bits per heavy atom. The molecule has 0 radical (unpaired) electrons. The van der Waals surface area contributed by atoms with Gasteiger partial charge in [0.25, 0.3) is 0 Å². The van der Waals surface area contributed by atoms with E-state index < -0.39 is 0 Å². The van der Waals surface area contributed by atoms with E-state index in [0.717, 1.165) is 32.9 Å². The number of hydrogen-bond donors (Lipinski definition) is 2. The Morgan fingerprint density at radius 2 is 2.05 bits per heavy atom. The van der Waals surface area contributed by atoms with Crippen molar-refractivity contribution >= 4 is 33.1 Å². The summed E-state index contributed by atoms with van der Waals surface area (Å²) in [5.74, 6) is 1.61. The third-order valence-electron chi connectivity index (χ3n) is 2.96. The lowest BCUT2D eigenvalue weighted by atomic mass is 10.2. The van der Waals surface area contributed by atoms with Crippen LogP contribution in [0.1, 0.15) is 11.1 Å². The van der Waals surface area contributed by atoms with Gasteiger partial charge in [0.05, 0.1) is 23.5 Å². The Hall–Kier alpha value is -1.75. The first-order valence-electron chi connectivity index (χ1n) is 5.85. The molecule has 0 fully saturated rings. The van der Waals surface area contributed by atoms with Gasteiger partial charge in [0, 0.05) is 5.69 Å². The zero-order chi connectivity index (χ0) is 14.0. The number of nitrogens with two attached hydrogens (primary N) is 1. The number of benzene rings is 1. The Bertz CT molecular complexity index is 614. The molecule has 4 nitrogen and oxygen atoms in total. The molecule has 0 saturated carbocycles. The normalized spacial score (nSPS) is 10.3. The summed E-state index contributed by atoms with van der Waals surface area (Å²) < 4.78 is 6.12. The van der Waals surface area contributed by atoms with Crippen molar-refractivity contribution in [2.45, 2.75) is 13.8 Å². The maximum atomic E-state index is 5.81. The lowest BCUT2D eigenvalue weighted by molar-refractivity contribution is 0.412. The standard InChI is InChI=1S/C14H16BrN3O/c1-8-6-10(4-5-12(8)19-3)18-14-13(15)9(2)11(16)7-17-14/h4-7H,16H2,1-3H3,(H,17,18). The van der Waals surface area contributed by atoms with E-state index in [9.17, 15) is 0 Å². The van der Waals surface area contributed by atoms with Gasteiger partial charge in [-0.2, -0.15) is 0 Å². The highest BCUT2D eigenvalue weighted by Gasteiger charge is 2.08. The molecule has 19 heavy (non-hydrogen) atoms. The number of pyridine rings is 1. The van der Waals surface area contributed by atoms with Crippen molar-refractivity contribution in [3.05, 3.63) is 40.0 Å². The van der Waals surface area contributed by atoms with E-state index >= 15 is 0 Å². The van der Waals surface area contributed by atoms with E-state index in [2.05, 4.69) is 26.2 Å². The van der Waals surface area contributed by atoms with Gasteiger partial charge in [0.15, 0.2) is 0 Å². The minimum Gasteiger partial charge on any atom is -0.496 e. The Labute approximate surface area is 121 Å². The summed E-state index contributed by atoms with van der Waals surface area (Å²) in [7, 11) is 1.66. The molecular weight excluding hydrogens is 306 g/mol. The molecule has 2 rings (SSSR count). The van der Waals surface area contributed by atoms with Crippen molar-refractivity contribution < 1.29 is 4.74 Å². The van der Waals surface area contributed by atoms with Crippen molar-refractivity contribution in [3.8, 4) is 5.75 Å². The predicted molar refractivity (Wildman–Crippen MR) is 82.1 cm³/mol. The summed E-state index contributed by atoms with van der Waals surface area (Å²) in [5.41, 5.74) is 9.47. The first kappa shape index (κ1) is 13.7. The molecule has 100 valence electrons. The van der Waals surface area contributed by atoms with Crippen LogP contribution in [0.4, 0.5) is 17.2 Å². The third kappa shape index (κ3) is 2.81. The van der Waals surface area contributed by atoms with Crippen LogP contribution in [0.5, 0.6) is 5.75 Å². The van der Waals surface area contributed by atoms with Crippen LogP contribution in [0, 0.1) is 13.8 Å². The van der Waals surface area contributed by atoms with Crippen molar-refractivity contribution in [3.63, 3.8) is 0 Å². The van der Waals surface area contributed by atoms with Gasteiger partial charge in [-0.05, 0) is 59.1 Å². The van der Waals surface area contributed by atoms with Crippen LogP contribution in [-0.4, -0.2) is 12.1 Å². The van der Waals surface area contributed by atoms with E-state index in [-0.39, 0.29) is 0 Å². The number of ether oxygens (including phenoxy) is 1. The zero-order valence-electron chi connectivity index (χ0n) is 11.1. The molecule has 3 N–H and O–H groups in total. The van der Waals surface area contributed by atoms with Crippen LogP contribution in [-0.2, 0) is 0 Å². The SMILES string of the molecule is COc1ccc(Nc2ncc(N)c(C)c2Br)cc1C. The number of aromatic nitrogens is 1. The summed E-state index contributed by atoms with van der Waals surface area (Å²) in [5, 5.41) is 3.26. The van der Waals surface area contributed by atoms with Crippen LogP contribution < -0.4 is 15.8 Å². The van der Waals surface area contributed by atoms with Crippen molar-refractivity contribution in [1.29, 1.82) is 0 Å². The van der Waals surface area contributed by atoms with Gasteiger partial charge in [-0.3, -0.25) is 0 Å². The van der Waals surface area contributed by atoms with E-state index in [1.807, 2.05) is 32.0 Å². The minimum absolute atomic E-state index is 0.670. The molecule has 5 heteroatoms. The first-order valence-corrected chi connectivity index (χ1v) is 6.64. The second-order valence-electron chi connectivity index (χ2n) is 4.31. The average molecular weight is 322 g/mol. The van der Waals surface area contributed by atoms with Crippen molar-refractivity contribution in [2.24, 2.45) is 0 Å². The molecule has 0 aliphatic carbocycles. The molecule has 0 bridgehead atoms. The summed E-state index contributed by atoms with van der Waals surface area (Å²) in [6.45, 7) is 3.95. The number of nitrogens with zero attached hydrogens (tertiary/aromatic N) is 1. The lowest BCUT2D eigenvalue weighted by Crippen LogP contribution is -2.00. The maximum Gasteiger partial charge on any atom is 0.145 e. The highest BCUT2D eigenvalue weighted by Crippen LogP contribution is 2.31. The quantitative estimate of drug-likeness (QED) is 0.902. The van der Waals surface area contributed by atoms with Crippen LogP contribution in [0.3, 0.4) is 0 Å². The average Bonchev–Trinajstić information content (AvgIpc) is 2.40. The Morgan fingerprint density at radius 3 is 2.68 bits per heavy atom. The highest BCUT2D eigenvalue weighted by molar-refractivity contribution is 9.10. The number of methoxy groups -OCH3 is 1. The minimum atomic E-state index is 0.670. The number of halogens is 1. The molecule has 2 aromatic rings. The number of nitrogens with one attached hydrogen (secondary N) is 1. The molecule has 1 heterocycles. The molecule has 0 spiro atoms. The maximum absolute atomic E-state index is 5.81. The summed E-state index contributed by atoms with van der Waals surface area (Å²) >= 11 is 3.51. The van der Waals surface area contributed by atoms with Gasteiger partial charge in [-0.1, -0.05) is 0 Å². The zero-order valence-corrected chi connectivity index (χ0v) is 12.7. The molecule has 0 saturated heterocycles. The summed E-state index contributed by atoms with van der Waals surface area (Å²) in [4.78, 5) is 4.29. The number of nitrogen functional groups attached to an aromatic ring is 1. The Kier molecular flexibility index (Phi) is 3.95. The van der Waals surface area contributed by atoms with Crippen LogP contribution in [0.2, 0.25) is 0 Å². The topological polar surface area (TPSA) is 60.2 Å². The predicted octanol–water partition coefficient (Wildman–Crippen LogP) is 3.80. The fourth-order valence-electron chi connectivity index (χ4n) is 1.77. The van der Waals surface area contributed by atoms with Gasteiger partial charge in [-0.25, -0.2) is 4.98 Å². The Balaban J connectivity index is 2.31. The van der Waals surface area contributed by atoms with Gasteiger partial charge >= 0.3 is 0 Å². The van der Waals surface area contributed by atoms with Crippen LogP contribution >= 0.6 is 15.9 Å². The van der Waals surface area contributed by atoms with E-state index in [4.69, 9.17) is 10.5 Å². The molecule has 1 aromatic heterocycles. The van der Waals surface area contributed by atoms with Crippen molar-refractivity contribution in [2.75, 3.05) is 18.2 Å². The smallest absolute Gasteiger partial charge is 0.145 e. The number of hydrogen-bond acceptors (Lipinski definition) is 4. The molecule has 0 atom stereocenters. The van der Waals surface area contributed by atoms with Gasteiger partial charge in [-0.15, -0.1) is 0 Å². The van der Waals surface area contributed by atoms with E-state index in [1.54, 1.807) is 13.3 Å².